The third-order valence-corrected chi connectivity index (χ3v) is 10.0. The van der Waals surface area contributed by atoms with Crippen LogP contribution in [0.4, 0.5) is 16.2 Å². The van der Waals surface area contributed by atoms with E-state index in [2.05, 4.69) is 36.6 Å². The molecule has 4 heterocycles. The van der Waals surface area contributed by atoms with Gasteiger partial charge in [0.2, 0.25) is 11.8 Å². The van der Waals surface area contributed by atoms with E-state index in [-0.39, 0.29) is 52.4 Å². The van der Waals surface area contributed by atoms with E-state index >= 15 is 0 Å². The molecule has 14 nitrogen and oxygen atoms in total. The molecule has 264 valence electrons. The first kappa shape index (κ1) is 35.7. The molecule has 2 aromatic rings. The van der Waals surface area contributed by atoms with E-state index in [1.165, 1.54) is 12.4 Å². The Labute approximate surface area is 286 Å². The van der Waals surface area contributed by atoms with E-state index in [4.69, 9.17) is 4.74 Å². The van der Waals surface area contributed by atoms with Crippen molar-refractivity contribution in [3.05, 3.63) is 48.0 Å². The number of nitrogens with one attached hydrogen (secondary N) is 5. The van der Waals surface area contributed by atoms with Crippen LogP contribution in [-0.2, 0) is 14.3 Å². The van der Waals surface area contributed by atoms with Crippen LogP contribution in [0.3, 0.4) is 0 Å². The first-order valence-electron chi connectivity index (χ1n) is 16.9. The van der Waals surface area contributed by atoms with Crippen molar-refractivity contribution in [1.82, 2.24) is 30.8 Å². The van der Waals surface area contributed by atoms with Gasteiger partial charge < -0.3 is 36.2 Å². The third kappa shape index (κ3) is 8.72. The number of anilines is 2. The zero-order valence-corrected chi connectivity index (χ0v) is 29.0. The van der Waals surface area contributed by atoms with E-state index in [0.717, 1.165) is 51.6 Å². The first-order valence-corrected chi connectivity index (χ1v) is 16.9. The van der Waals surface area contributed by atoms with Crippen molar-refractivity contribution in [1.29, 1.82) is 0 Å². The standard InChI is InChI=1S/C20H28N4O4.C15H20N4O2/c1-19(2,3)28-18(27)24-9-7-20(8-10-24)11-14(20)16(25)23-13-5-6-15(22-12-13)17(26)21-4;1-16-14(21)12-3-2-10(9-18-12)19-13(20)11-8-15(11)4-6-17-7-5-15/h5-6,12,14H,7-11H2,1-4H3,(H,21,26)(H,23,25);2-3,9,11,17H,4-8H2,1H3,(H,16,21)(H,19,20). The molecule has 49 heavy (non-hydrogen) atoms. The quantitative estimate of drug-likeness (QED) is 0.307. The second-order valence-electron chi connectivity index (χ2n) is 14.5. The number of carbonyl (C=O) groups excluding carboxylic acids is 5. The van der Waals surface area contributed by atoms with Gasteiger partial charge in [0, 0.05) is 39.0 Å². The number of rotatable bonds is 6. The summed E-state index contributed by atoms with van der Waals surface area (Å²) in [5, 5.41) is 14.1. The Morgan fingerprint density at radius 1 is 0.755 bits per heavy atom. The fourth-order valence-electron chi connectivity index (χ4n) is 6.85. The van der Waals surface area contributed by atoms with E-state index in [9.17, 15) is 24.0 Å². The molecule has 0 aromatic carbocycles. The Bertz CT molecular complexity index is 1540. The van der Waals surface area contributed by atoms with Crippen LogP contribution in [0.5, 0.6) is 0 Å². The molecule has 2 aliphatic carbocycles. The van der Waals surface area contributed by atoms with E-state index in [1.54, 1.807) is 43.3 Å². The maximum Gasteiger partial charge on any atom is 0.410 e. The summed E-state index contributed by atoms with van der Waals surface area (Å²) in [7, 11) is 3.10. The first-order chi connectivity index (χ1) is 23.3. The predicted molar refractivity (Wildman–Crippen MR) is 183 cm³/mol. The van der Waals surface area contributed by atoms with E-state index < -0.39 is 5.60 Å². The molecule has 6 rings (SSSR count). The average molecular weight is 677 g/mol. The lowest BCUT2D eigenvalue weighted by Crippen LogP contribution is -2.42. The van der Waals surface area contributed by atoms with Crippen LogP contribution in [0.1, 0.15) is 80.3 Å². The monoisotopic (exact) mass is 676 g/mol. The smallest absolute Gasteiger partial charge is 0.410 e. The number of amides is 5. The number of hydrogen-bond donors (Lipinski definition) is 5. The molecule has 2 spiro atoms. The molecule has 5 N–H and O–H groups in total. The van der Waals surface area contributed by atoms with Crippen molar-refractivity contribution < 1.29 is 28.7 Å². The normalized spacial score (nSPS) is 21.4. The maximum atomic E-state index is 12.6. The highest BCUT2D eigenvalue weighted by atomic mass is 16.6. The number of likely N-dealkylation sites (tertiary alicyclic amines) is 1. The van der Waals surface area contributed by atoms with E-state index in [0.29, 0.717) is 35.9 Å². The summed E-state index contributed by atoms with van der Waals surface area (Å²) >= 11 is 0. The van der Waals surface area contributed by atoms with Gasteiger partial charge in [0.1, 0.15) is 17.0 Å². The fraction of sp³-hybridized carbons (Fsp3) is 0.571. The lowest BCUT2D eigenvalue weighted by atomic mass is 9.91. The van der Waals surface area contributed by atoms with Crippen molar-refractivity contribution in [3.63, 3.8) is 0 Å². The summed E-state index contributed by atoms with van der Waals surface area (Å²) < 4.78 is 5.43. The molecule has 2 unspecified atom stereocenters. The SMILES string of the molecule is CNC(=O)c1ccc(NC(=O)C2CC23CCN(C(=O)OC(C)(C)C)CC3)cn1.CNC(=O)c1ccc(NC(=O)C2CC23CCNCC3)cn1. The minimum Gasteiger partial charge on any atom is -0.444 e. The summed E-state index contributed by atoms with van der Waals surface area (Å²) in [4.78, 5) is 69.8. The Morgan fingerprint density at radius 2 is 1.20 bits per heavy atom. The zero-order chi connectivity index (χ0) is 35.4. The second-order valence-corrected chi connectivity index (χ2v) is 14.5. The van der Waals surface area contributed by atoms with Crippen molar-refractivity contribution in [2.45, 2.75) is 64.9 Å². The Kier molecular flexibility index (Phi) is 10.6. The van der Waals surface area contributed by atoms with Crippen LogP contribution < -0.4 is 26.6 Å². The van der Waals surface area contributed by atoms with Gasteiger partial charge in [-0.3, -0.25) is 19.2 Å². The van der Waals surface area contributed by atoms with Crippen LogP contribution in [0.15, 0.2) is 36.7 Å². The predicted octanol–water partition coefficient (Wildman–Crippen LogP) is 3.19. The minimum atomic E-state index is -0.504. The highest BCUT2D eigenvalue weighted by Gasteiger charge is 2.59. The molecule has 0 radical (unpaired) electrons. The fourth-order valence-corrected chi connectivity index (χ4v) is 6.85. The Hall–Kier alpha value is -4.59. The van der Waals surface area contributed by atoms with Crippen LogP contribution >= 0.6 is 0 Å². The number of hydrogen-bond acceptors (Lipinski definition) is 9. The molecule has 2 saturated carbocycles. The largest absolute Gasteiger partial charge is 0.444 e. The summed E-state index contributed by atoms with van der Waals surface area (Å²) in [6, 6.07) is 6.58. The highest BCUT2D eigenvalue weighted by Crippen LogP contribution is 2.60. The number of nitrogens with zero attached hydrogens (tertiary/aromatic N) is 3. The summed E-state index contributed by atoms with van der Waals surface area (Å²) in [6.45, 7) is 8.80. The molecular weight excluding hydrogens is 628 g/mol. The van der Waals surface area contributed by atoms with Crippen LogP contribution in [0, 0.1) is 22.7 Å². The summed E-state index contributed by atoms with van der Waals surface area (Å²) in [6.07, 6.45) is 8.33. The molecule has 2 aromatic heterocycles. The lowest BCUT2D eigenvalue weighted by Gasteiger charge is -2.34. The van der Waals surface area contributed by atoms with Gasteiger partial charge in [0.25, 0.3) is 11.8 Å². The summed E-state index contributed by atoms with van der Waals surface area (Å²) in [5.74, 6) is -0.378. The Balaban J connectivity index is 0.000000199. The third-order valence-electron chi connectivity index (χ3n) is 10.0. The van der Waals surface area contributed by atoms with Gasteiger partial charge in [-0.2, -0.15) is 0 Å². The molecule has 5 amide bonds. The zero-order valence-electron chi connectivity index (χ0n) is 29.0. The highest BCUT2D eigenvalue weighted by molar-refractivity contribution is 5.97. The molecule has 2 saturated heterocycles. The van der Waals surface area contributed by atoms with Crippen LogP contribution in [-0.4, -0.2) is 90.5 Å². The van der Waals surface area contributed by atoms with Gasteiger partial charge >= 0.3 is 6.09 Å². The number of carbonyl (C=O) groups is 5. The average Bonchev–Trinajstić information content (AvgIpc) is 3.99. The van der Waals surface area contributed by atoms with Crippen molar-refractivity contribution in [2.75, 3.05) is 50.9 Å². The number of ether oxygens (including phenoxy) is 1. The molecule has 0 bridgehead atoms. The molecule has 4 fully saturated rings. The van der Waals surface area contributed by atoms with Gasteiger partial charge in [0.15, 0.2) is 0 Å². The summed E-state index contributed by atoms with van der Waals surface area (Å²) in [5.41, 5.74) is 1.57. The molecule has 4 aliphatic rings. The van der Waals surface area contributed by atoms with Crippen LogP contribution in [0.25, 0.3) is 0 Å². The Morgan fingerprint density at radius 3 is 1.59 bits per heavy atom. The molecule has 2 atom stereocenters. The molecule has 14 heteroatoms. The van der Waals surface area contributed by atoms with Gasteiger partial charge in [-0.25, -0.2) is 14.8 Å². The van der Waals surface area contributed by atoms with Gasteiger partial charge in [-0.05, 0) is 107 Å². The number of aromatic nitrogens is 2. The van der Waals surface area contributed by atoms with E-state index in [1.807, 2.05) is 20.8 Å². The molecular formula is C35H48N8O6. The second kappa shape index (κ2) is 14.5. The van der Waals surface area contributed by atoms with Gasteiger partial charge in [-0.15, -0.1) is 0 Å². The van der Waals surface area contributed by atoms with Crippen LogP contribution in [0.2, 0.25) is 0 Å². The topological polar surface area (TPSA) is 184 Å². The number of pyridine rings is 2. The lowest BCUT2D eigenvalue weighted by molar-refractivity contribution is -0.119. The number of piperidine rings is 2. The maximum absolute atomic E-state index is 12.6. The van der Waals surface area contributed by atoms with Gasteiger partial charge in [0.05, 0.1) is 23.8 Å². The van der Waals surface area contributed by atoms with Crippen molar-refractivity contribution >= 4 is 41.1 Å². The van der Waals surface area contributed by atoms with Crippen molar-refractivity contribution in [2.24, 2.45) is 22.7 Å². The molecule has 2 aliphatic heterocycles. The van der Waals surface area contributed by atoms with Crippen molar-refractivity contribution in [3.8, 4) is 0 Å². The minimum absolute atomic E-state index is 0.0158. The van der Waals surface area contributed by atoms with Gasteiger partial charge in [-0.1, -0.05) is 0 Å².